The minimum atomic E-state index is -0.208. The van der Waals surface area contributed by atoms with Gasteiger partial charge in [-0.05, 0) is 86.9 Å². The van der Waals surface area contributed by atoms with Crippen molar-refractivity contribution >= 4 is 17.6 Å². The molecule has 3 amide bonds. The van der Waals surface area contributed by atoms with Crippen LogP contribution in [0.25, 0.3) is 0 Å². The van der Waals surface area contributed by atoms with E-state index in [1.807, 2.05) is 48.2 Å². The Bertz CT molecular complexity index is 1090. The molecule has 0 aromatic heterocycles. The van der Waals surface area contributed by atoms with Crippen molar-refractivity contribution in [3.8, 4) is 6.07 Å². The molecule has 0 atom stereocenters. The normalized spacial score (nSPS) is 17.4. The summed E-state index contributed by atoms with van der Waals surface area (Å²) < 4.78 is 0. The van der Waals surface area contributed by atoms with Crippen molar-refractivity contribution in [2.24, 2.45) is 0 Å². The van der Waals surface area contributed by atoms with Gasteiger partial charge in [0.2, 0.25) is 0 Å². The number of anilines is 1. The van der Waals surface area contributed by atoms with Gasteiger partial charge in [-0.15, -0.1) is 0 Å². The summed E-state index contributed by atoms with van der Waals surface area (Å²) in [5.41, 5.74) is 4.10. The molecule has 2 N–H and O–H groups in total. The molecule has 0 saturated carbocycles. The standard InChI is InChI=1S/C29H37N5O2/c1-3-14-33-15-12-26(13-16-33)31-29(36)32-27-19-25(7-4-21(27)2)28(35)34-17-10-24(11-18-34)23-8-5-22(20-30)6-9-23/h4-9,19,24,26H,3,10-18H2,1-2H3,(H2,31,32,36). The third kappa shape index (κ3) is 6.44. The molecule has 7 nitrogen and oxygen atoms in total. The summed E-state index contributed by atoms with van der Waals surface area (Å²) in [5, 5.41) is 15.1. The highest BCUT2D eigenvalue weighted by atomic mass is 16.2. The Labute approximate surface area is 214 Å². The van der Waals surface area contributed by atoms with Crippen molar-refractivity contribution in [2.45, 2.75) is 57.9 Å². The van der Waals surface area contributed by atoms with E-state index in [4.69, 9.17) is 5.26 Å². The van der Waals surface area contributed by atoms with E-state index in [9.17, 15) is 9.59 Å². The second-order valence-corrected chi connectivity index (χ2v) is 10.0. The molecule has 2 fully saturated rings. The number of hydrogen-bond donors (Lipinski definition) is 2. The maximum absolute atomic E-state index is 13.2. The molecule has 7 heteroatoms. The molecular weight excluding hydrogens is 450 g/mol. The molecule has 2 saturated heterocycles. The van der Waals surface area contributed by atoms with Crippen LogP contribution in [0.3, 0.4) is 0 Å². The number of carbonyl (C=O) groups is 2. The number of likely N-dealkylation sites (tertiary alicyclic amines) is 2. The lowest BCUT2D eigenvalue weighted by Crippen LogP contribution is -2.46. The molecule has 190 valence electrons. The number of aryl methyl sites for hydroxylation is 1. The van der Waals surface area contributed by atoms with Gasteiger partial charge in [0.05, 0.1) is 11.6 Å². The minimum Gasteiger partial charge on any atom is -0.339 e. The van der Waals surface area contributed by atoms with E-state index in [0.717, 1.165) is 57.3 Å². The Morgan fingerprint density at radius 2 is 1.69 bits per heavy atom. The summed E-state index contributed by atoms with van der Waals surface area (Å²) in [6.07, 6.45) is 4.87. The molecule has 4 rings (SSSR count). The third-order valence-corrected chi connectivity index (χ3v) is 7.49. The lowest BCUT2D eigenvalue weighted by atomic mass is 9.89. The molecule has 36 heavy (non-hydrogen) atoms. The zero-order chi connectivity index (χ0) is 25.5. The topological polar surface area (TPSA) is 88.5 Å². The van der Waals surface area contributed by atoms with Gasteiger partial charge in [-0.2, -0.15) is 5.26 Å². The largest absolute Gasteiger partial charge is 0.339 e. The molecule has 0 unspecified atom stereocenters. The monoisotopic (exact) mass is 487 g/mol. The first-order valence-corrected chi connectivity index (χ1v) is 13.2. The summed E-state index contributed by atoms with van der Waals surface area (Å²) in [5.74, 6) is 0.398. The number of nitrogens with zero attached hydrogens (tertiary/aromatic N) is 3. The van der Waals surface area contributed by atoms with Gasteiger partial charge in [-0.1, -0.05) is 25.1 Å². The van der Waals surface area contributed by atoms with E-state index in [2.05, 4.69) is 28.5 Å². The first-order chi connectivity index (χ1) is 17.5. The molecule has 0 aliphatic carbocycles. The molecule has 0 bridgehead atoms. The lowest BCUT2D eigenvalue weighted by Gasteiger charge is -2.32. The number of rotatable bonds is 6. The van der Waals surface area contributed by atoms with Crippen molar-refractivity contribution in [2.75, 3.05) is 38.0 Å². The Hall–Kier alpha value is -3.37. The van der Waals surface area contributed by atoms with Crippen LogP contribution in [-0.2, 0) is 0 Å². The van der Waals surface area contributed by atoms with E-state index in [1.165, 1.54) is 5.56 Å². The predicted octanol–water partition coefficient (Wildman–Crippen LogP) is 4.88. The van der Waals surface area contributed by atoms with Crippen LogP contribution in [0.2, 0.25) is 0 Å². The molecule has 2 aromatic rings. The molecule has 2 aliphatic heterocycles. The van der Waals surface area contributed by atoms with E-state index < -0.39 is 0 Å². The molecule has 2 aliphatic rings. The zero-order valence-electron chi connectivity index (χ0n) is 21.4. The van der Waals surface area contributed by atoms with Gasteiger partial charge in [0.15, 0.2) is 0 Å². The molecule has 2 heterocycles. The quantitative estimate of drug-likeness (QED) is 0.608. The van der Waals surface area contributed by atoms with Crippen molar-refractivity contribution in [3.05, 3.63) is 64.7 Å². The number of urea groups is 1. The van der Waals surface area contributed by atoms with Gasteiger partial charge < -0.3 is 20.4 Å². The van der Waals surface area contributed by atoms with Gasteiger partial charge in [0.1, 0.15) is 0 Å². The smallest absolute Gasteiger partial charge is 0.319 e. The highest BCUT2D eigenvalue weighted by Gasteiger charge is 2.25. The third-order valence-electron chi connectivity index (χ3n) is 7.49. The van der Waals surface area contributed by atoms with Crippen LogP contribution in [0, 0.1) is 18.3 Å². The second kappa shape index (κ2) is 12.0. The fourth-order valence-electron chi connectivity index (χ4n) is 5.28. The van der Waals surface area contributed by atoms with Crippen LogP contribution >= 0.6 is 0 Å². The van der Waals surface area contributed by atoms with Crippen molar-refractivity contribution < 1.29 is 9.59 Å². The summed E-state index contributed by atoms with van der Waals surface area (Å²) in [6.45, 7) is 8.67. The number of nitriles is 1. The van der Waals surface area contributed by atoms with Crippen LogP contribution in [0.4, 0.5) is 10.5 Å². The minimum absolute atomic E-state index is 0.0000302. The molecule has 2 aromatic carbocycles. The first-order valence-electron chi connectivity index (χ1n) is 13.2. The Kier molecular flexibility index (Phi) is 8.61. The van der Waals surface area contributed by atoms with Crippen LogP contribution < -0.4 is 10.6 Å². The average molecular weight is 488 g/mol. The number of piperidine rings is 2. The van der Waals surface area contributed by atoms with Crippen molar-refractivity contribution in [3.63, 3.8) is 0 Å². The highest BCUT2D eigenvalue weighted by Crippen LogP contribution is 2.29. The van der Waals surface area contributed by atoms with E-state index in [1.54, 1.807) is 6.07 Å². The SMILES string of the molecule is CCCN1CCC(NC(=O)Nc2cc(C(=O)N3CCC(c4ccc(C#N)cc4)CC3)ccc2C)CC1. The Morgan fingerprint density at radius 3 is 2.33 bits per heavy atom. The van der Waals surface area contributed by atoms with Gasteiger partial charge in [-0.25, -0.2) is 4.79 Å². The van der Waals surface area contributed by atoms with Gasteiger partial charge in [0.25, 0.3) is 5.91 Å². The molecule has 0 spiro atoms. The van der Waals surface area contributed by atoms with Crippen molar-refractivity contribution in [1.82, 2.24) is 15.1 Å². The van der Waals surface area contributed by atoms with Crippen LogP contribution in [0.15, 0.2) is 42.5 Å². The van der Waals surface area contributed by atoms with Crippen LogP contribution in [0.5, 0.6) is 0 Å². The number of benzene rings is 2. The van der Waals surface area contributed by atoms with E-state index in [0.29, 0.717) is 35.8 Å². The summed E-state index contributed by atoms with van der Waals surface area (Å²) in [4.78, 5) is 30.3. The van der Waals surface area contributed by atoms with Crippen molar-refractivity contribution in [1.29, 1.82) is 5.26 Å². The molecule has 0 radical (unpaired) electrons. The average Bonchev–Trinajstić information content (AvgIpc) is 2.91. The lowest BCUT2D eigenvalue weighted by molar-refractivity contribution is 0.0713. The predicted molar refractivity (Wildman–Crippen MR) is 142 cm³/mol. The first kappa shape index (κ1) is 25.7. The van der Waals surface area contributed by atoms with Gasteiger partial charge >= 0.3 is 6.03 Å². The van der Waals surface area contributed by atoms with Gasteiger partial charge in [0, 0.05) is 43.5 Å². The van der Waals surface area contributed by atoms with E-state index in [-0.39, 0.29) is 18.0 Å². The van der Waals surface area contributed by atoms with E-state index >= 15 is 0 Å². The number of nitrogens with one attached hydrogen (secondary N) is 2. The summed E-state index contributed by atoms with van der Waals surface area (Å²) in [6, 6.07) is 15.4. The maximum atomic E-state index is 13.2. The number of hydrogen-bond acceptors (Lipinski definition) is 4. The zero-order valence-corrected chi connectivity index (χ0v) is 21.4. The Balaban J connectivity index is 1.31. The fourth-order valence-corrected chi connectivity index (χ4v) is 5.28. The number of amides is 3. The highest BCUT2D eigenvalue weighted by molar-refractivity contribution is 5.97. The number of carbonyl (C=O) groups excluding carboxylic acids is 2. The van der Waals surface area contributed by atoms with Gasteiger partial charge in [-0.3, -0.25) is 4.79 Å². The van der Waals surface area contributed by atoms with Crippen LogP contribution in [0.1, 0.15) is 72.0 Å². The second-order valence-electron chi connectivity index (χ2n) is 10.0. The van der Waals surface area contributed by atoms with Crippen LogP contribution in [-0.4, -0.2) is 60.5 Å². The fraction of sp³-hybridized carbons (Fsp3) is 0.483. The summed E-state index contributed by atoms with van der Waals surface area (Å²) >= 11 is 0. The Morgan fingerprint density at radius 1 is 1.00 bits per heavy atom. The maximum Gasteiger partial charge on any atom is 0.319 e. The summed E-state index contributed by atoms with van der Waals surface area (Å²) in [7, 11) is 0. The molecular formula is C29H37N5O2.